The van der Waals surface area contributed by atoms with Crippen LogP contribution < -0.4 is 9.46 Å². The quantitative estimate of drug-likeness (QED) is 0.690. The molecule has 0 bridgehead atoms. The largest absolute Gasteiger partial charge is 0.493 e. The zero-order valence-electron chi connectivity index (χ0n) is 15.0. The summed E-state index contributed by atoms with van der Waals surface area (Å²) < 4.78 is 55.8. The van der Waals surface area contributed by atoms with Gasteiger partial charge in [0.2, 0.25) is 0 Å². The number of hydrogen-bond acceptors (Lipinski definition) is 4. The van der Waals surface area contributed by atoms with Crippen molar-refractivity contribution in [1.82, 2.24) is 4.72 Å². The number of benzene rings is 1. The van der Waals surface area contributed by atoms with Crippen LogP contribution in [0, 0.1) is 0 Å². The lowest BCUT2D eigenvalue weighted by atomic mass is 9.79. The molecule has 0 aliphatic carbocycles. The van der Waals surface area contributed by atoms with E-state index >= 15 is 8.78 Å². The molecular weight excluding hydrogens is 432 g/mol. The first-order valence-electron chi connectivity index (χ1n) is 8.13. The van der Waals surface area contributed by atoms with Crippen LogP contribution in [0.3, 0.4) is 0 Å². The first-order chi connectivity index (χ1) is 12.0. The van der Waals surface area contributed by atoms with Gasteiger partial charge in [0.15, 0.2) is 0 Å². The number of carbonyl (C=O) groups excluding carboxylic acids is 1. The molecule has 146 valence electrons. The molecule has 0 fully saturated rings. The summed E-state index contributed by atoms with van der Waals surface area (Å²) in [5, 5.41) is 0. The van der Waals surface area contributed by atoms with Crippen molar-refractivity contribution in [2.75, 3.05) is 13.2 Å². The van der Waals surface area contributed by atoms with Crippen molar-refractivity contribution in [2.45, 2.75) is 50.3 Å². The van der Waals surface area contributed by atoms with E-state index < -0.39 is 33.2 Å². The Hall–Kier alpha value is -1.06. The summed E-state index contributed by atoms with van der Waals surface area (Å²) in [7, 11) is -1.86. The van der Waals surface area contributed by atoms with E-state index in [4.69, 9.17) is 4.74 Å². The van der Waals surface area contributed by atoms with Gasteiger partial charge in [-0.05, 0) is 45.9 Å². The SMILES string of the molecule is CCOC(=O)C(F)(F)[C@@]1(N[S@](=O)C(C)(C)C)CCOc2ccc(Br)cc21. The zero-order chi connectivity index (χ0) is 19.8. The van der Waals surface area contributed by atoms with E-state index in [1.807, 2.05) is 0 Å². The highest BCUT2D eigenvalue weighted by atomic mass is 79.9. The summed E-state index contributed by atoms with van der Waals surface area (Å²) in [5.74, 6) is -5.41. The van der Waals surface area contributed by atoms with Crippen molar-refractivity contribution >= 4 is 32.9 Å². The van der Waals surface area contributed by atoms with Crippen LogP contribution in [0.5, 0.6) is 5.75 Å². The third-order valence-electron chi connectivity index (χ3n) is 4.03. The molecule has 1 aliphatic heterocycles. The molecule has 0 spiro atoms. The van der Waals surface area contributed by atoms with Crippen LogP contribution in [-0.4, -0.2) is 34.1 Å². The molecule has 9 heteroatoms. The van der Waals surface area contributed by atoms with Crippen molar-refractivity contribution in [3.63, 3.8) is 0 Å². The first kappa shape index (κ1) is 21.2. The molecule has 0 radical (unpaired) electrons. The molecule has 26 heavy (non-hydrogen) atoms. The molecule has 0 saturated carbocycles. The van der Waals surface area contributed by atoms with Crippen LogP contribution in [0.1, 0.15) is 39.7 Å². The molecule has 2 atom stereocenters. The molecule has 1 aromatic rings. The Morgan fingerprint density at radius 3 is 2.65 bits per heavy atom. The number of fused-ring (bicyclic) bond motifs is 1. The summed E-state index contributed by atoms with van der Waals surface area (Å²) in [5.41, 5.74) is -2.15. The van der Waals surface area contributed by atoms with Crippen LogP contribution in [0.2, 0.25) is 0 Å². The number of esters is 1. The van der Waals surface area contributed by atoms with Gasteiger partial charge in [-0.3, -0.25) is 0 Å². The maximum Gasteiger partial charge on any atom is 0.379 e. The first-order valence-corrected chi connectivity index (χ1v) is 10.1. The van der Waals surface area contributed by atoms with Crippen LogP contribution >= 0.6 is 15.9 Å². The number of hydrogen-bond donors (Lipinski definition) is 1. The van der Waals surface area contributed by atoms with Crippen molar-refractivity contribution in [1.29, 1.82) is 0 Å². The summed E-state index contributed by atoms with van der Waals surface area (Å²) in [4.78, 5) is 12.1. The van der Waals surface area contributed by atoms with Crippen molar-refractivity contribution in [3.8, 4) is 5.75 Å². The van der Waals surface area contributed by atoms with Crippen molar-refractivity contribution in [2.24, 2.45) is 0 Å². The Labute approximate surface area is 162 Å². The lowest BCUT2D eigenvalue weighted by molar-refractivity contribution is -0.187. The van der Waals surface area contributed by atoms with E-state index in [0.717, 1.165) is 0 Å². The highest BCUT2D eigenvalue weighted by molar-refractivity contribution is 9.10. The van der Waals surface area contributed by atoms with E-state index in [1.165, 1.54) is 19.1 Å². The van der Waals surface area contributed by atoms with Crippen molar-refractivity contribution in [3.05, 3.63) is 28.2 Å². The van der Waals surface area contributed by atoms with Gasteiger partial charge in [0.1, 0.15) is 11.3 Å². The fraction of sp³-hybridized carbons (Fsp3) is 0.588. The van der Waals surface area contributed by atoms with Crippen LogP contribution in [0.25, 0.3) is 0 Å². The van der Waals surface area contributed by atoms with E-state index in [1.54, 1.807) is 26.8 Å². The van der Waals surface area contributed by atoms with Gasteiger partial charge in [0.05, 0.1) is 28.9 Å². The number of alkyl halides is 2. The van der Waals surface area contributed by atoms with Crippen molar-refractivity contribution < 1.29 is 27.3 Å². The Morgan fingerprint density at radius 2 is 2.08 bits per heavy atom. The van der Waals surface area contributed by atoms with Gasteiger partial charge >= 0.3 is 11.9 Å². The fourth-order valence-corrected chi connectivity index (χ4v) is 3.94. The second-order valence-electron chi connectivity index (χ2n) is 6.92. The molecule has 0 unspecified atom stereocenters. The van der Waals surface area contributed by atoms with E-state index in [0.29, 0.717) is 4.47 Å². The van der Waals surface area contributed by atoms with Gasteiger partial charge in [0.25, 0.3) is 0 Å². The molecule has 1 aromatic carbocycles. The molecule has 0 aromatic heterocycles. The molecule has 1 aliphatic rings. The second kappa shape index (κ2) is 7.52. The van der Waals surface area contributed by atoms with Crippen LogP contribution in [-0.2, 0) is 26.1 Å². The third-order valence-corrected chi connectivity index (χ3v) is 6.17. The Morgan fingerprint density at radius 1 is 1.42 bits per heavy atom. The van der Waals surface area contributed by atoms with Gasteiger partial charge in [0, 0.05) is 16.5 Å². The highest BCUT2D eigenvalue weighted by Gasteiger charge is 2.64. The highest BCUT2D eigenvalue weighted by Crippen LogP contribution is 2.48. The monoisotopic (exact) mass is 453 g/mol. The zero-order valence-corrected chi connectivity index (χ0v) is 17.4. The number of carbonyl (C=O) groups is 1. The predicted octanol–water partition coefficient (Wildman–Crippen LogP) is 3.68. The molecule has 5 nitrogen and oxygen atoms in total. The number of halogens is 3. The molecular formula is C17H22BrF2NO4S. The van der Waals surface area contributed by atoms with E-state index in [-0.39, 0.29) is 30.9 Å². The fourth-order valence-electron chi connectivity index (χ4n) is 2.61. The summed E-state index contributed by atoms with van der Waals surface area (Å²) in [6.45, 7) is 6.19. The third kappa shape index (κ3) is 3.80. The molecule has 1 heterocycles. The molecule has 0 saturated heterocycles. The number of rotatable bonds is 5. The summed E-state index contributed by atoms with van der Waals surface area (Å²) >= 11 is 3.26. The minimum absolute atomic E-state index is 0.0576. The second-order valence-corrected chi connectivity index (χ2v) is 9.80. The van der Waals surface area contributed by atoms with Crippen LogP contribution in [0.4, 0.5) is 8.78 Å². The molecule has 2 rings (SSSR count). The predicted molar refractivity (Wildman–Crippen MR) is 98.5 cm³/mol. The van der Waals surface area contributed by atoms with E-state index in [2.05, 4.69) is 25.4 Å². The number of nitrogens with one attached hydrogen (secondary N) is 1. The topological polar surface area (TPSA) is 64.6 Å². The Balaban J connectivity index is 2.67. The normalized spacial score (nSPS) is 21.5. The minimum atomic E-state index is -3.96. The average molecular weight is 454 g/mol. The average Bonchev–Trinajstić information content (AvgIpc) is 2.54. The summed E-state index contributed by atoms with van der Waals surface area (Å²) in [6.07, 6.45) is -0.246. The van der Waals surface area contributed by atoms with Crippen LogP contribution in [0.15, 0.2) is 22.7 Å². The lowest BCUT2D eigenvalue weighted by Crippen LogP contribution is -2.63. The van der Waals surface area contributed by atoms with E-state index in [9.17, 15) is 9.00 Å². The number of ether oxygens (including phenoxy) is 2. The Bertz CT molecular complexity index is 723. The standard InChI is InChI=1S/C17H22BrF2NO4S/c1-5-24-14(22)17(19,20)16(21-26(23)15(2,3)4)8-9-25-13-7-6-11(18)10-12(13)16/h6-7,10,21H,5,8-9H2,1-4H3/t16-,26-/m1/s1. The van der Waals surface area contributed by atoms with Gasteiger partial charge < -0.3 is 9.47 Å². The summed E-state index contributed by atoms with van der Waals surface area (Å²) in [6, 6.07) is 4.64. The smallest absolute Gasteiger partial charge is 0.379 e. The lowest BCUT2D eigenvalue weighted by Gasteiger charge is -2.43. The maximum atomic E-state index is 15.4. The van der Waals surface area contributed by atoms with Gasteiger partial charge in [-0.2, -0.15) is 8.78 Å². The maximum absolute atomic E-state index is 15.4. The minimum Gasteiger partial charge on any atom is -0.493 e. The Kier molecular flexibility index (Phi) is 6.14. The molecule has 1 N–H and O–H groups in total. The van der Waals surface area contributed by atoms with Gasteiger partial charge in [-0.15, -0.1) is 0 Å². The molecule has 0 amide bonds. The van der Waals surface area contributed by atoms with Gasteiger partial charge in [-0.1, -0.05) is 15.9 Å². The van der Waals surface area contributed by atoms with Gasteiger partial charge in [-0.25, -0.2) is 13.7 Å².